The maximum atomic E-state index is 12.3. The van der Waals surface area contributed by atoms with Crippen molar-refractivity contribution in [1.29, 1.82) is 0 Å². The molecule has 0 bridgehead atoms. The average molecular weight is 383 g/mol. The molecule has 148 valence electrons. The molecular weight excluding hydrogens is 358 g/mol. The average Bonchev–Trinajstić information content (AvgIpc) is 2.69. The van der Waals surface area contributed by atoms with Crippen molar-refractivity contribution in [2.45, 2.75) is 6.54 Å². The molecule has 28 heavy (non-hydrogen) atoms. The fourth-order valence-corrected chi connectivity index (χ4v) is 2.78. The van der Waals surface area contributed by atoms with E-state index < -0.39 is 0 Å². The van der Waals surface area contributed by atoms with E-state index in [0.717, 1.165) is 17.9 Å². The van der Waals surface area contributed by atoms with Crippen LogP contribution in [0.25, 0.3) is 0 Å². The van der Waals surface area contributed by atoms with Crippen LogP contribution in [-0.4, -0.2) is 57.1 Å². The highest BCUT2D eigenvalue weighted by atomic mass is 16.5. The summed E-state index contributed by atoms with van der Waals surface area (Å²) in [5.41, 5.74) is 1.58. The van der Waals surface area contributed by atoms with Crippen molar-refractivity contribution >= 4 is 17.5 Å². The Balaban J connectivity index is 1.50. The maximum absolute atomic E-state index is 12.3. The number of carbonyl (C=O) groups is 2. The molecule has 0 saturated heterocycles. The largest absolute Gasteiger partial charge is 0.492 e. The number of fused-ring (bicyclic) bond motifs is 1. The Labute approximate surface area is 164 Å². The highest BCUT2D eigenvalue weighted by Gasteiger charge is 2.26. The van der Waals surface area contributed by atoms with E-state index in [0.29, 0.717) is 24.6 Å². The summed E-state index contributed by atoms with van der Waals surface area (Å²) in [4.78, 5) is 28.0. The Morgan fingerprint density at radius 3 is 2.68 bits per heavy atom. The van der Waals surface area contributed by atoms with Gasteiger partial charge in [-0.05, 0) is 43.9 Å². The van der Waals surface area contributed by atoms with Crippen LogP contribution in [0.1, 0.15) is 5.56 Å². The molecule has 1 aliphatic heterocycles. The number of hydrogen-bond acceptors (Lipinski definition) is 5. The van der Waals surface area contributed by atoms with E-state index in [1.807, 2.05) is 50.5 Å². The molecule has 0 aliphatic carbocycles. The number of nitrogens with one attached hydrogen (secondary N) is 1. The lowest BCUT2D eigenvalue weighted by Crippen LogP contribution is -2.45. The Kier molecular flexibility index (Phi) is 6.49. The summed E-state index contributed by atoms with van der Waals surface area (Å²) in [5.74, 6) is 0.955. The zero-order chi connectivity index (χ0) is 19.9. The van der Waals surface area contributed by atoms with E-state index in [2.05, 4.69) is 10.2 Å². The van der Waals surface area contributed by atoms with Crippen LogP contribution in [-0.2, 0) is 16.1 Å². The summed E-state index contributed by atoms with van der Waals surface area (Å²) in [6.45, 7) is 1.76. The van der Waals surface area contributed by atoms with Crippen molar-refractivity contribution in [3.05, 3.63) is 54.1 Å². The molecule has 0 saturated carbocycles. The molecule has 3 rings (SSSR count). The third-order valence-corrected chi connectivity index (χ3v) is 4.33. The Bertz CT molecular complexity index is 821. The first-order valence-corrected chi connectivity index (χ1v) is 9.18. The number of anilines is 1. The van der Waals surface area contributed by atoms with Crippen molar-refractivity contribution in [3.63, 3.8) is 0 Å². The van der Waals surface area contributed by atoms with Gasteiger partial charge in [0.25, 0.3) is 5.91 Å². The number of ether oxygens (including phenoxy) is 2. The van der Waals surface area contributed by atoms with E-state index in [-0.39, 0.29) is 25.0 Å². The lowest BCUT2D eigenvalue weighted by atomic mass is 10.2. The van der Waals surface area contributed by atoms with Crippen LogP contribution in [0.3, 0.4) is 0 Å². The number of nitrogens with zero attached hydrogens (tertiary/aromatic N) is 2. The number of amides is 2. The molecule has 2 aromatic rings. The normalized spacial score (nSPS) is 13.1. The summed E-state index contributed by atoms with van der Waals surface area (Å²) in [6, 6.07) is 14.8. The summed E-state index contributed by atoms with van der Waals surface area (Å²) in [5, 5.41) is 2.85. The Morgan fingerprint density at radius 1 is 1.18 bits per heavy atom. The summed E-state index contributed by atoms with van der Waals surface area (Å²) >= 11 is 0. The van der Waals surface area contributed by atoms with E-state index >= 15 is 0 Å². The predicted molar refractivity (Wildman–Crippen MR) is 107 cm³/mol. The minimum atomic E-state index is -0.229. The van der Waals surface area contributed by atoms with Crippen LogP contribution in [0.2, 0.25) is 0 Å². The topological polar surface area (TPSA) is 71.1 Å². The second kappa shape index (κ2) is 9.23. The van der Waals surface area contributed by atoms with Crippen molar-refractivity contribution in [1.82, 2.24) is 10.2 Å². The highest BCUT2D eigenvalue weighted by Crippen LogP contribution is 2.31. The van der Waals surface area contributed by atoms with Gasteiger partial charge in [-0.25, -0.2) is 0 Å². The van der Waals surface area contributed by atoms with Gasteiger partial charge in [-0.1, -0.05) is 24.3 Å². The van der Waals surface area contributed by atoms with Crippen LogP contribution in [0.5, 0.6) is 11.5 Å². The SMILES string of the molecule is CN(C)CCOc1ccc(CNC(=O)CN2C(=O)COc3ccccc32)cc1. The monoisotopic (exact) mass is 383 g/mol. The fourth-order valence-electron chi connectivity index (χ4n) is 2.78. The second-order valence-corrected chi connectivity index (χ2v) is 6.81. The lowest BCUT2D eigenvalue weighted by Gasteiger charge is -2.28. The molecule has 1 N–H and O–H groups in total. The van der Waals surface area contributed by atoms with Gasteiger partial charge < -0.3 is 19.7 Å². The zero-order valence-corrected chi connectivity index (χ0v) is 16.2. The van der Waals surface area contributed by atoms with Crippen LogP contribution in [0, 0.1) is 0 Å². The van der Waals surface area contributed by atoms with Gasteiger partial charge in [-0.2, -0.15) is 0 Å². The molecule has 1 aliphatic rings. The van der Waals surface area contributed by atoms with Gasteiger partial charge in [0, 0.05) is 13.1 Å². The number of benzene rings is 2. The molecular formula is C21H25N3O4. The van der Waals surface area contributed by atoms with Crippen LogP contribution in [0.15, 0.2) is 48.5 Å². The van der Waals surface area contributed by atoms with Crippen molar-refractivity contribution in [2.24, 2.45) is 0 Å². The standard InChI is InChI=1S/C21H25N3O4/c1-23(2)11-12-27-17-9-7-16(8-10-17)13-22-20(25)14-24-18-5-3-4-6-19(18)28-15-21(24)26/h3-10H,11-15H2,1-2H3,(H,22,25). The highest BCUT2D eigenvalue weighted by molar-refractivity contribution is 6.02. The van der Waals surface area contributed by atoms with Gasteiger partial charge in [0.1, 0.15) is 24.7 Å². The minimum Gasteiger partial charge on any atom is -0.492 e. The van der Waals surface area contributed by atoms with Crippen LogP contribution < -0.4 is 19.7 Å². The first kappa shape index (κ1) is 19.7. The number of para-hydroxylation sites is 2. The van der Waals surface area contributed by atoms with Crippen molar-refractivity contribution in [2.75, 3.05) is 45.3 Å². The van der Waals surface area contributed by atoms with Gasteiger partial charge in [0.2, 0.25) is 5.91 Å². The molecule has 0 unspecified atom stereocenters. The second-order valence-electron chi connectivity index (χ2n) is 6.81. The summed E-state index contributed by atoms with van der Waals surface area (Å²) in [7, 11) is 4.00. The molecule has 7 heteroatoms. The zero-order valence-electron chi connectivity index (χ0n) is 16.2. The molecule has 0 radical (unpaired) electrons. The third kappa shape index (κ3) is 5.23. The molecule has 0 fully saturated rings. The smallest absolute Gasteiger partial charge is 0.265 e. The number of hydrogen-bond donors (Lipinski definition) is 1. The molecule has 7 nitrogen and oxygen atoms in total. The molecule has 1 heterocycles. The molecule has 0 atom stereocenters. The summed E-state index contributed by atoms with van der Waals surface area (Å²) < 4.78 is 11.0. The predicted octanol–water partition coefficient (Wildman–Crippen LogP) is 1.67. The molecule has 0 aromatic heterocycles. The Morgan fingerprint density at radius 2 is 1.93 bits per heavy atom. The number of rotatable bonds is 8. The van der Waals surface area contributed by atoms with Crippen LogP contribution in [0.4, 0.5) is 5.69 Å². The lowest BCUT2D eigenvalue weighted by molar-refractivity contribution is -0.125. The maximum Gasteiger partial charge on any atom is 0.265 e. The fraction of sp³-hybridized carbons (Fsp3) is 0.333. The van der Waals surface area contributed by atoms with Gasteiger partial charge >= 0.3 is 0 Å². The van der Waals surface area contributed by atoms with E-state index in [9.17, 15) is 9.59 Å². The molecule has 2 aromatic carbocycles. The Hall–Kier alpha value is -3.06. The minimum absolute atomic E-state index is 0.0368. The van der Waals surface area contributed by atoms with E-state index in [1.165, 1.54) is 4.90 Å². The number of carbonyl (C=O) groups excluding carboxylic acids is 2. The molecule has 2 amide bonds. The number of likely N-dealkylation sites (N-methyl/N-ethyl adjacent to an activating group) is 1. The first-order valence-electron chi connectivity index (χ1n) is 9.18. The van der Waals surface area contributed by atoms with E-state index in [4.69, 9.17) is 9.47 Å². The van der Waals surface area contributed by atoms with Crippen molar-refractivity contribution in [3.8, 4) is 11.5 Å². The quantitative estimate of drug-likeness (QED) is 0.751. The van der Waals surface area contributed by atoms with Gasteiger partial charge in [-0.15, -0.1) is 0 Å². The van der Waals surface area contributed by atoms with Crippen molar-refractivity contribution < 1.29 is 19.1 Å². The summed E-state index contributed by atoms with van der Waals surface area (Å²) in [6.07, 6.45) is 0. The van der Waals surface area contributed by atoms with E-state index in [1.54, 1.807) is 12.1 Å². The van der Waals surface area contributed by atoms with Gasteiger partial charge in [0.05, 0.1) is 5.69 Å². The van der Waals surface area contributed by atoms with Gasteiger partial charge in [0.15, 0.2) is 6.61 Å². The third-order valence-electron chi connectivity index (χ3n) is 4.33. The van der Waals surface area contributed by atoms with Gasteiger partial charge in [-0.3, -0.25) is 14.5 Å². The first-order chi connectivity index (χ1) is 13.5. The van der Waals surface area contributed by atoms with Crippen LogP contribution >= 0.6 is 0 Å². The molecule has 0 spiro atoms.